The van der Waals surface area contributed by atoms with Crippen molar-refractivity contribution in [1.82, 2.24) is 25.5 Å². The molecule has 3 rings (SSSR count). The monoisotopic (exact) mass is 259 g/mol. The van der Waals surface area contributed by atoms with Crippen LogP contribution in [0.25, 0.3) is 0 Å². The number of nitrogens with one attached hydrogen (secondary N) is 1. The van der Waals surface area contributed by atoms with Crippen molar-refractivity contribution < 1.29 is 9.53 Å². The van der Waals surface area contributed by atoms with E-state index < -0.39 is 0 Å². The van der Waals surface area contributed by atoms with Crippen molar-refractivity contribution in [3.05, 3.63) is 36.2 Å². The maximum atomic E-state index is 11.7. The molecule has 19 heavy (non-hydrogen) atoms. The topological polar surface area (TPSA) is 81.9 Å². The second kappa shape index (κ2) is 5.05. The molecular formula is C12H13N5O2. The van der Waals surface area contributed by atoms with Gasteiger partial charge in [-0.25, -0.2) is 4.68 Å². The summed E-state index contributed by atoms with van der Waals surface area (Å²) in [7, 11) is 0. The maximum Gasteiger partial charge on any atom is 0.242 e. The van der Waals surface area contributed by atoms with Gasteiger partial charge in [0.25, 0.3) is 0 Å². The molecule has 0 aliphatic carbocycles. The fraction of sp³-hybridized carbons (Fsp3) is 0.333. The van der Waals surface area contributed by atoms with E-state index in [0.29, 0.717) is 6.54 Å². The third-order valence-corrected chi connectivity index (χ3v) is 2.94. The van der Waals surface area contributed by atoms with E-state index in [1.807, 2.05) is 24.3 Å². The Bertz CT molecular complexity index is 544. The van der Waals surface area contributed by atoms with Crippen molar-refractivity contribution in [1.29, 1.82) is 0 Å². The Morgan fingerprint density at radius 2 is 2.37 bits per heavy atom. The number of benzene rings is 1. The number of rotatable bonds is 4. The van der Waals surface area contributed by atoms with Gasteiger partial charge in [0.2, 0.25) is 5.91 Å². The van der Waals surface area contributed by atoms with Gasteiger partial charge in [-0.3, -0.25) is 4.79 Å². The molecule has 1 aliphatic rings. The van der Waals surface area contributed by atoms with Crippen LogP contribution in [-0.2, 0) is 17.8 Å². The van der Waals surface area contributed by atoms with Gasteiger partial charge in [-0.05, 0) is 22.1 Å². The van der Waals surface area contributed by atoms with E-state index in [1.165, 1.54) is 16.6 Å². The standard InChI is InChI=1S/C12H13N5O2/c18-12(7-17-8-14-15-16-17)13-6-10-5-9-3-1-2-4-11(9)19-10/h1-4,8,10H,5-7H2,(H,13,18). The average molecular weight is 259 g/mol. The van der Waals surface area contributed by atoms with E-state index >= 15 is 0 Å². The largest absolute Gasteiger partial charge is 0.488 e. The van der Waals surface area contributed by atoms with Gasteiger partial charge < -0.3 is 10.1 Å². The Kier molecular flexibility index (Phi) is 3.09. The molecule has 98 valence electrons. The fourth-order valence-corrected chi connectivity index (χ4v) is 2.05. The van der Waals surface area contributed by atoms with Gasteiger partial charge in [0.1, 0.15) is 24.7 Å². The summed E-state index contributed by atoms with van der Waals surface area (Å²) in [4.78, 5) is 11.7. The van der Waals surface area contributed by atoms with Gasteiger partial charge in [0.05, 0.1) is 6.54 Å². The molecule has 1 unspecified atom stereocenters. The molecule has 1 aromatic heterocycles. The van der Waals surface area contributed by atoms with Crippen molar-refractivity contribution in [2.24, 2.45) is 0 Å². The van der Waals surface area contributed by atoms with Crippen LogP contribution >= 0.6 is 0 Å². The molecular weight excluding hydrogens is 246 g/mol. The van der Waals surface area contributed by atoms with Crippen LogP contribution in [0, 0.1) is 0 Å². The van der Waals surface area contributed by atoms with Gasteiger partial charge in [0.15, 0.2) is 0 Å². The van der Waals surface area contributed by atoms with E-state index in [4.69, 9.17) is 4.74 Å². The highest BCUT2D eigenvalue weighted by atomic mass is 16.5. The number of carbonyl (C=O) groups is 1. The molecule has 7 heteroatoms. The summed E-state index contributed by atoms with van der Waals surface area (Å²) in [5.74, 6) is 0.772. The van der Waals surface area contributed by atoms with Crippen LogP contribution in [0.5, 0.6) is 5.75 Å². The number of tetrazole rings is 1. The lowest BCUT2D eigenvalue weighted by Gasteiger charge is -2.11. The molecule has 1 atom stereocenters. The number of para-hydroxylation sites is 1. The first-order valence-electron chi connectivity index (χ1n) is 6.03. The molecule has 1 aliphatic heterocycles. The van der Waals surface area contributed by atoms with Crippen LogP contribution in [0.15, 0.2) is 30.6 Å². The Hall–Kier alpha value is -2.44. The molecule has 7 nitrogen and oxygen atoms in total. The fourth-order valence-electron chi connectivity index (χ4n) is 2.05. The normalized spacial score (nSPS) is 16.7. The predicted molar refractivity (Wildman–Crippen MR) is 65.4 cm³/mol. The quantitative estimate of drug-likeness (QED) is 0.821. The Balaban J connectivity index is 1.48. The lowest BCUT2D eigenvalue weighted by Crippen LogP contribution is -2.36. The minimum atomic E-state index is -0.133. The minimum absolute atomic E-state index is 0.00442. The lowest BCUT2D eigenvalue weighted by atomic mass is 10.1. The van der Waals surface area contributed by atoms with Crippen LogP contribution in [0.3, 0.4) is 0 Å². The lowest BCUT2D eigenvalue weighted by molar-refractivity contribution is -0.122. The van der Waals surface area contributed by atoms with Gasteiger partial charge in [0, 0.05) is 6.42 Å². The highest BCUT2D eigenvalue weighted by Crippen LogP contribution is 2.27. The summed E-state index contributed by atoms with van der Waals surface area (Å²) in [5.41, 5.74) is 1.18. The Morgan fingerprint density at radius 3 is 3.16 bits per heavy atom. The molecule has 0 radical (unpaired) electrons. The number of hydrogen-bond donors (Lipinski definition) is 1. The third kappa shape index (κ3) is 2.70. The number of aromatic nitrogens is 4. The maximum absolute atomic E-state index is 11.7. The zero-order chi connectivity index (χ0) is 13.1. The first kappa shape index (κ1) is 11.6. The molecule has 0 spiro atoms. The highest BCUT2D eigenvalue weighted by molar-refractivity contribution is 5.75. The molecule has 0 saturated heterocycles. The van der Waals surface area contributed by atoms with E-state index in [9.17, 15) is 4.79 Å². The number of nitrogens with zero attached hydrogens (tertiary/aromatic N) is 4. The van der Waals surface area contributed by atoms with Gasteiger partial charge in [-0.15, -0.1) is 5.10 Å². The second-order valence-electron chi connectivity index (χ2n) is 4.36. The highest BCUT2D eigenvalue weighted by Gasteiger charge is 2.22. The summed E-state index contributed by atoms with van der Waals surface area (Å²) in [6.45, 7) is 0.600. The first-order valence-corrected chi connectivity index (χ1v) is 6.03. The average Bonchev–Trinajstić information content (AvgIpc) is 3.04. The SMILES string of the molecule is O=C(Cn1cnnn1)NCC1Cc2ccccc2O1. The van der Waals surface area contributed by atoms with Crippen LogP contribution in [-0.4, -0.2) is 38.8 Å². The first-order chi connectivity index (χ1) is 9.31. The summed E-state index contributed by atoms with van der Waals surface area (Å²) < 4.78 is 7.11. The minimum Gasteiger partial charge on any atom is -0.488 e. The van der Waals surface area contributed by atoms with Crippen LogP contribution in [0.1, 0.15) is 5.56 Å². The van der Waals surface area contributed by atoms with E-state index in [0.717, 1.165) is 12.2 Å². The Morgan fingerprint density at radius 1 is 1.47 bits per heavy atom. The molecule has 1 amide bonds. The smallest absolute Gasteiger partial charge is 0.242 e. The van der Waals surface area contributed by atoms with Crippen molar-refractivity contribution in [3.63, 3.8) is 0 Å². The summed E-state index contributed by atoms with van der Waals surface area (Å²) in [6.07, 6.45) is 2.22. The number of ether oxygens (including phenoxy) is 1. The van der Waals surface area contributed by atoms with Gasteiger partial charge in [-0.1, -0.05) is 18.2 Å². The second-order valence-corrected chi connectivity index (χ2v) is 4.36. The zero-order valence-corrected chi connectivity index (χ0v) is 10.2. The zero-order valence-electron chi connectivity index (χ0n) is 10.2. The van der Waals surface area contributed by atoms with Crippen LogP contribution < -0.4 is 10.1 Å². The van der Waals surface area contributed by atoms with E-state index in [1.54, 1.807) is 0 Å². The Labute approximate surface area is 109 Å². The molecule has 2 aromatic rings. The molecule has 0 bridgehead atoms. The summed E-state index contributed by atoms with van der Waals surface area (Å²) in [5, 5.41) is 13.4. The van der Waals surface area contributed by atoms with Crippen molar-refractivity contribution in [3.8, 4) is 5.75 Å². The number of amides is 1. The molecule has 1 aromatic carbocycles. The van der Waals surface area contributed by atoms with Gasteiger partial charge in [-0.2, -0.15) is 0 Å². The summed E-state index contributed by atoms with van der Waals surface area (Å²) in [6, 6.07) is 7.91. The van der Waals surface area contributed by atoms with Crippen LogP contribution in [0.4, 0.5) is 0 Å². The van der Waals surface area contributed by atoms with Crippen molar-refractivity contribution >= 4 is 5.91 Å². The molecule has 1 N–H and O–H groups in total. The van der Waals surface area contributed by atoms with E-state index in [-0.39, 0.29) is 18.6 Å². The number of hydrogen-bond acceptors (Lipinski definition) is 5. The van der Waals surface area contributed by atoms with Crippen LogP contribution in [0.2, 0.25) is 0 Å². The number of fused-ring (bicyclic) bond motifs is 1. The van der Waals surface area contributed by atoms with Gasteiger partial charge >= 0.3 is 0 Å². The number of carbonyl (C=O) groups excluding carboxylic acids is 1. The van der Waals surface area contributed by atoms with Crippen molar-refractivity contribution in [2.45, 2.75) is 19.1 Å². The van der Waals surface area contributed by atoms with E-state index in [2.05, 4.69) is 20.8 Å². The molecule has 2 heterocycles. The third-order valence-electron chi connectivity index (χ3n) is 2.94. The predicted octanol–water partition coefficient (Wildman–Crippen LogP) is -0.207. The van der Waals surface area contributed by atoms with Crippen molar-refractivity contribution in [2.75, 3.05) is 6.54 Å². The summed E-state index contributed by atoms with van der Waals surface area (Å²) >= 11 is 0. The molecule has 0 fully saturated rings. The molecule has 0 saturated carbocycles.